The van der Waals surface area contributed by atoms with Gasteiger partial charge in [0.15, 0.2) is 0 Å². The average Bonchev–Trinajstić information content (AvgIpc) is 1.98. The molecular weight excluding hydrogens is 178 g/mol. The van der Waals surface area contributed by atoms with Gasteiger partial charge in [0.1, 0.15) is 0 Å². The van der Waals surface area contributed by atoms with Crippen LogP contribution in [0.15, 0.2) is 11.6 Å². The quantitative estimate of drug-likeness (QED) is 0.497. The van der Waals surface area contributed by atoms with Gasteiger partial charge in [-0.15, -0.1) is 12.4 Å². The highest BCUT2D eigenvalue weighted by Crippen LogP contribution is 1.94. The van der Waals surface area contributed by atoms with Crippen LogP contribution in [-0.4, -0.2) is 38.6 Å². The van der Waals surface area contributed by atoms with Crippen molar-refractivity contribution < 1.29 is 9.53 Å². The Labute approximate surface area is 79.8 Å². The number of carbonyl (C=O) groups is 1. The van der Waals surface area contributed by atoms with Crippen molar-refractivity contribution in [1.29, 1.82) is 0 Å². The van der Waals surface area contributed by atoms with Gasteiger partial charge in [0.2, 0.25) is 0 Å². The highest BCUT2D eigenvalue weighted by Gasteiger charge is 2.01. The summed E-state index contributed by atoms with van der Waals surface area (Å²) in [5.41, 5.74) is 0.654. The molecule has 0 aliphatic heterocycles. The van der Waals surface area contributed by atoms with Gasteiger partial charge in [0.25, 0.3) is 0 Å². The van der Waals surface area contributed by atoms with E-state index in [-0.39, 0.29) is 18.4 Å². The summed E-state index contributed by atoms with van der Waals surface area (Å²) in [6, 6.07) is 0. The SMILES string of the molecule is COC(=O)/C(C)=C/CN(C)C.Cl. The van der Waals surface area contributed by atoms with Gasteiger partial charge in [0, 0.05) is 12.1 Å². The molecule has 0 bridgehead atoms. The van der Waals surface area contributed by atoms with E-state index in [0.29, 0.717) is 5.57 Å². The molecule has 0 N–H and O–H groups in total. The minimum absolute atomic E-state index is 0. The van der Waals surface area contributed by atoms with Gasteiger partial charge < -0.3 is 9.64 Å². The van der Waals surface area contributed by atoms with E-state index >= 15 is 0 Å². The third-order valence-corrected chi connectivity index (χ3v) is 1.27. The highest BCUT2D eigenvalue weighted by molar-refractivity contribution is 5.87. The fourth-order valence-electron chi connectivity index (χ4n) is 0.564. The zero-order valence-electron chi connectivity index (χ0n) is 7.96. The van der Waals surface area contributed by atoms with Crippen molar-refractivity contribution in [3.8, 4) is 0 Å². The van der Waals surface area contributed by atoms with Crippen molar-refractivity contribution >= 4 is 18.4 Å². The van der Waals surface area contributed by atoms with E-state index in [1.807, 2.05) is 25.1 Å². The largest absolute Gasteiger partial charge is 0.466 e. The van der Waals surface area contributed by atoms with Crippen LogP contribution < -0.4 is 0 Å². The molecule has 0 unspecified atom stereocenters. The standard InChI is InChI=1S/C8H15NO2.ClH/c1-7(8(10)11-4)5-6-9(2)3;/h5H,6H2,1-4H3;1H/b7-5+;. The van der Waals surface area contributed by atoms with Crippen LogP contribution >= 0.6 is 12.4 Å². The van der Waals surface area contributed by atoms with Crippen molar-refractivity contribution in [1.82, 2.24) is 4.90 Å². The number of rotatable bonds is 3. The lowest BCUT2D eigenvalue weighted by atomic mass is 10.3. The number of hydrogen-bond donors (Lipinski definition) is 0. The van der Waals surface area contributed by atoms with E-state index < -0.39 is 0 Å². The van der Waals surface area contributed by atoms with Crippen LogP contribution in [0.2, 0.25) is 0 Å². The summed E-state index contributed by atoms with van der Waals surface area (Å²) in [7, 11) is 5.28. The topological polar surface area (TPSA) is 29.5 Å². The molecule has 0 atom stereocenters. The zero-order chi connectivity index (χ0) is 8.85. The molecule has 0 aromatic carbocycles. The van der Waals surface area contributed by atoms with Crippen LogP contribution in [0, 0.1) is 0 Å². The van der Waals surface area contributed by atoms with E-state index in [0.717, 1.165) is 6.54 Å². The molecule has 4 heteroatoms. The molecule has 12 heavy (non-hydrogen) atoms. The lowest BCUT2D eigenvalue weighted by Crippen LogP contribution is -2.12. The number of nitrogens with zero attached hydrogens (tertiary/aromatic N) is 1. The zero-order valence-corrected chi connectivity index (χ0v) is 8.77. The molecule has 0 heterocycles. The molecule has 0 saturated heterocycles. The van der Waals surface area contributed by atoms with Gasteiger partial charge >= 0.3 is 5.97 Å². The second-order valence-corrected chi connectivity index (χ2v) is 2.64. The molecule has 3 nitrogen and oxygen atoms in total. The fraction of sp³-hybridized carbons (Fsp3) is 0.625. The molecule has 0 fully saturated rings. The van der Waals surface area contributed by atoms with Crippen molar-refractivity contribution in [3.63, 3.8) is 0 Å². The van der Waals surface area contributed by atoms with Crippen LogP contribution in [0.3, 0.4) is 0 Å². The van der Waals surface area contributed by atoms with Gasteiger partial charge in [-0.05, 0) is 21.0 Å². The van der Waals surface area contributed by atoms with Gasteiger partial charge in [-0.2, -0.15) is 0 Å². The molecule has 0 aliphatic carbocycles. The maximum Gasteiger partial charge on any atom is 0.333 e. The first-order valence-electron chi connectivity index (χ1n) is 3.47. The highest BCUT2D eigenvalue weighted by atomic mass is 35.5. The first kappa shape index (κ1) is 14.0. The van der Waals surface area contributed by atoms with E-state index in [1.54, 1.807) is 6.92 Å². The fourth-order valence-corrected chi connectivity index (χ4v) is 0.564. The Morgan fingerprint density at radius 3 is 2.33 bits per heavy atom. The van der Waals surface area contributed by atoms with Crippen LogP contribution in [0.5, 0.6) is 0 Å². The van der Waals surface area contributed by atoms with Gasteiger partial charge in [-0.3, -0.25) is 0 Å². The summed E-state index contributed by atoms with van der Waals surface area (Å²) in [5, 5.41) is 0. The third kappa shape index (κ3) is 6.19. The molecular formula is C8H16ClNO2. The van der Waals surface area contributed by atoms with Gasteiger partial charge in [-0.1, -0.05) is 6.08 Å². The summed E-state index contributed by atoms with van der Waals surface area (Å²) in [4.78, 5) is 12.8. The minimum Gasteiger partial charge on any atom is -0.466 e. The van der Waals surface area contributed by atoms with Crippen molar-refractivity contribution in [2.75, 3.05) is 27.7 Å². The van der Waals surface area contributed by atoms with Crippen LogP contribution in [0.1, 0.15) is 6.92 Å². The Morgan fingerprint density at radius 1 is 1.50 bits per heavy atom. The van der Waals surface area contributed by atoms with Crippen LogP contribution in [0.25, 0.3) is 0 Å². The van der Waals surface area contributed by atoms with Crippen molar-refractivity contribution in [2.45, 2.75) is 6.92 Å². The predicted molar refractivity (Wildman–Crippen MR) is 51.6 cm³/mol. The molecule has 0 spiro atoms. The van der Waals surface area contributed by atoms with Crippen LogP contribution in [0.4, 0.5) is 0 Å². The number of carbonyl (C=O) groups excluding carboxylic acids is 1. The van der Waals surface area contributed by atoms with Gasteiger partial charge in [-0.25, -0.2) is 4.79 Å². The Balaban J connectivity index is 0. The Hall–Kier alpha value is -0.540. The lowest BCUT2D eigenvalue weighted by molar-refractivity contribution is -0.136. The minimum atomic E-state index is -0.258. The monoisotopic (exact) mass is 193 g/mol. The summed E-state index contributed by atoms with van der Waals surface area (Å²) < 4.78 is 4.52. The van der Waals surface area contributed by atoms with Crippen molar-refractivity contribution in [3.05, 3.63) is 11.6 Å². The summed E-state index contributed by atoms with van der Waals surface area (Å²) in [6.07, 6.45) is 1.84. The van der Waals surface area contributed by atoms with E-state index in [9.17, 15) is 4.79 Å². The van der Waals surface area contributed by atoms with Crippen LogP contribution in [-0.2, 0) is 9.53 Å². The number of methoxy groups -OCH3 is 1. The molecule has 0 rings (SSSR count). The lowest BCUT2D eigenvalue weighted by Gasteiger charge is -2.05. The molecule has 0 aromatic heterocycles. The Bertz CT molecular complexity index is 166. The smallest absolute Gasteiger partial charge is 0.333 e. The van der Waals surface area contributed by atoms with Crippen molar-refractivity contribution in [2.24, 2.45) is 0 Å². The predicted octanol–water partition coefficient (Wildman–Crippen LogP) is 1.09. The first-order valence-corrected chi connectivity index (χ1v) is 3.47. The van der Waals surface area contributed by atoms with E-state index in [2.05, 4.69) is 4.74 Å². The molecule has 0 aliphatic rings. The summed E-state index contributed by atoms with van der Waals surface area (Å²) in [6.45, 7) is 2.51. The number of hydrogen-bond acceptors (Lipinski definition) is 3. The van der Waals surface area contributed by atoms with E-state index in [1.165, 1.54) is 7.11 Å². The molecule has 72 valence electrons. The maximum absolute atomic E-state index is 10.8. The maximum atomic E-state index is 10.8. The number of ether oxygens (including phenoxy) is 1. The van der Waals surface area contributed by atoms with Gasteiger partial charge in [0.05, 0.1) is 7.11 Å². The average molecular weight is 194 g/mol. The molecule has 0 saturated carbocycles. The first-order chi connectivity index (χ1) is 5.07. The second kappa shape index (κ2) is 7.13. The Kier molecular flexibility index (Phi) is 8.32. The molecule has 0 radical (unpaired) electrons. The molecule has 0 aromatic rings. The molecule has 0 amide bonds. The normalized spacial score (nSPS) is 10.9. The summed E-state index contributed by atoms with van der Waals surface area (Å²) >= 11 is 0. The summed E-state index contributed by atoms with van der Waals surface area (Å²) in [5.74, 6) is -0.258. The number of halogens is 1. The number of esters is 1. The van der Waals surface area contributed by atoms with E-state index in [4.69, 9.17) is 0 Å². The third-order valence-electron chi connectivity index (χ3n) is 1.27. The second-order valence-electron chi connectivity index (χ2n) is 2.64. The Morgan fingerprint density at radius 2 is 2.00 bits per heavy atom. The number of likely N-dealkylation sites (N-methyl/N-ethyl adjacent to an activating group) is 1.